The lowest BCUT2D eigenvalue weighted by Crippen LogP contribution is -2.32. The number of aliphatic hydroxyl groups is 1. The van der Waals surface area contributed by atoms with Crippen LogP contribution in [0.4, 0.5) is 17.8 Å². The van der Waals surface area contributed by atoms with Crippen molar-refractivity contribution in [2.45, 2.75) is 38.2 Å². The first kappa shape index (κ1) is 14.3. The monoisotopic (exact) mass is 293 g/mol. The Balaban J connectivity index is 1.69. The first-order valence-electron chi connectivity index (χ1n) is 7.66. The molecule has 2 fully saturated rings. The number of piperidine rings is 1. The van der Waals surface area contributed by atoms with Crippen molar-refractivity contribution < 1.29 is 5.11 Å². The van der Waals surface area contributed by atoms with E-state index in [-0.39, 0.29) is 6.10 Å². The number of rotatable bonds is 6. The van der Waals surface area contributed by atoms with E-state index in [9.17, 15) is 5.11 Å². The number of hydrazine groups is 1. The fourth-order valence-electron chi connectivity index (χ4n) is 2.59. The molecule has 0 bridgehead atoms. The van der Waals surface area contributed by atoms with Gasteiger partial charge in [-0.15, -0.1) is 0 Å². The van der Waals surface area contributed by atoms with Crippen LogP contribution in [0.5, 0.6) is 0 Å². The van der Waals surface area contributed by atoms with E-state index in [1.165, 1.54) is 6.42 Å². The number of anilines is 3. The van der Waals surface area contributed by atoms with Crippen LogP contribution in [0.15, 0.2) is 0 Å². The Kier molecular flexibility index (Phi) is 4.35. The molecule has 8 heteroatoms. The molecule has 3 rings (SSSR count). The van der Waals surface area contributed by atoms with Crippen molar-refractivity contribution in [1.29, 1.82) is 0 Å². The van der Waals surface area contributed by atoms with Crippen molar-refractivity contribution in [3.63, 3.8) is 0 Å². The van der Waals surface area contributed by atoms with Crippen molar-refractivity contribution in [3.05, 3.63) is 0 Å². The van der Waals surface area contributed by atoms with Gasteiger partial charge in [0.2, 0.25) is 17.8 Å². The lowest BCUT2D eigenvalue weighted by atomic mass is 10.1. The Morgan fingerprint density at radius 1 is 1.14 bits per heavy atom. The lowest BCUT2D eigenvalue weighted by Gasteiger charge is -2.27. The SMILES string of the molecule is NNc1nc(NCC(O)C2CC2)nc(N2CCCCC2)n1. The summed E-state index contributed by atoms with van der Waals surface area (Å²) in [7, 11) is 0. The van der Waals surface area contributed by atoms with E-state index in [1.807, 2.05) is 0 Å². The summed E-state index contributed by atoms with van der Waals surface area (Å²) < 4.78 is 0. The summed E-state index contributed by atoms with van der Waals surface area (Å²) >= 11 is 0. The third kappa shape index (κ3) is 3.70. The van der Waals surface area contributed by atoms with Gasteiger partial charge in [-0.3, -0.25) is 5.43 Å². The second kappa shape index (κ2) is 6.40. The highest BCUT2D eigenvalue weighted by Crippen LogP contribution is 2.32. The van der Waals surface area contributed by atoms with Gasteiger partial charge in [0.1, 0.15) is 0 Å². The van der Waals surface area contributed by atoms with Crippen LogP contribution in [-0.4, -0.2) is 45.8 Å². The second-order valence-corrected chi connectivity index (χ2v) is 5.76. The van der Waals surface area contributed by atoms with Gasteiger partial charge in [-0.1, -0.05) is 0 Å². The van der Waals surface area contributed by atoms with Gasteiger partial charge < -0.3 is 15.3 Å². The van der Waals surface area contributed by atoms with E-state index in [0.717, 1.165) is 38.8 Å². The maximum atomic E-state index is 9.91. The maximum Gasteiger partial charge on any atom is 0.243 e. The summed E-state index contributed by atoms with van der Waals surface area (Å²) in [5, 5.41) is 13.0. The highest BCUT2D eigenvalue weighted by Gasteiger charge is 2.29. The summed E-state index contributed by atoms with van der Waals surface area (Å²) in [6, 6.07) is 0. The highest BCUT2D eigenvalue weighted by molar-refractivity contribution is 5.43. The zero-order valence-corrected chi connectivity index (χ0v) is 12.1. The number of nitrogens with two attached hydrogens (primary N) is 1. The molecule has 5 N–H and O–H groups in total. The molecule has 0 amide bonds. The molecule has 0 radical (unpaired) electrons. The average molecular weight is 293 g/mol. The van der Waals surface area contributed by atoms with Gasteiger partial charge in [0.05, 0.1) is 6.10 Å². The van der Waals surface area contributed by atoms with E-state index >= 15 is 0 Å². The Hall–Kier alpha value is -1.67. The van der Waals surface area contributed by atoms with Crippen LogP contribution in [0.3, 0.4) is 0 Å². The molecule has 21 heavy (non-hydrogen) atoms. The highest BCUT2D eigenvalue weighted by atomic mass is 16.3. The zero-order valence-electron chi connectivity index (χ0n) is 12.1. The Morgan fingerprint density at radius 2 is 1.86 bits per heavy atom. The van der Waals surface area contributed by atoms with Crippen LogP contribution in [-0.2, 0) is 0 Å². The molecule has 2 heterocycles. The van der Waals surface area contributed by atoms with Gasteiger partial charge in [-0.2, -0.15) is 15.0 Å². The normalized spacial score (nSPS) is 20.2. The fraction of sp³-hybridized carbons (Fsp3) is 0.769. The molecule has 1 saturated heterocycles. The van der Waals surface area contributed by atoms with Gasteiger partial charge in [-0.25, -0.2) is 5.84 Å². The second-order valence-electron chi connectivity index (χ2n) is 5.76. The summed E-state index contributed by atoms with van der Waals surface area (Å²) in [5.74, 6) is 7.30. The molecule has 8 nitrogen and oxygen atoms in total. The van der Waals surface area contributed by atoms with Crippen molar-refractivity contribution in [2.75, 3.05) is 35.3 Å². The Labute approximate surface area is 124 Å². The first-order valence-corrected chi connectivity index (χ1v) is 7.66. The third-order valence-corrected chi connectivity index (χ3v) is 4.03. The number of nitrogens with zero attached hydrogens (tertiary/aromatic N) is 4. The van der Waals surface area contributed by atoms with Gasteiger partial charge in [0, 0.05) is 19.6 Å². The van der Waals surface area contributed by atoms with E-state index in [0.29, 0.717) is 30.3 Å². The molecule has 2 aliphatic rings. The van der Waals surface area contributed by atoms with E-state index in [1.54, 1.807) is 0 Å². The average Bonchev–Trinajstić information content (AvgIpc) is 3.38. The van der Waals surface area contributed by atoms with Crippen molar-refractivity contribution in [1.82, 2.24) is 15.0 Å². The maximum absolute atomic E-state index is 9.91. The third-order valence-electron chi connectivity index (χ3n) is 4.03. The van der Waals surface area contributed by atoms with Crippen LogP contribution in [0, 0.1) is 5.92 Å². The number of aromatic nitrogens is 3. The molecule has 116 valence electrons. The predicted molar refractivity (Wildman–Crippen MR) is 80.9 cm³/mol. The molecule has 1 atom stereocenters. The Bertz CT molecular complexity index is 474. The van der Waals surface area contributed by atoms with Crippen LogP contribution in [0.1, 0.15) is 32.1 Å². The quantitative estimate of drug-likeness (QED) is 0.438. The smallest absolute Gasteiger partial charge is 0.243 e. The summed E-state index contributed by atoms with van der Waals surface area (Å²) in [5.41, 5.74) is 2.48. The van der Waals surface area contributed by atoms with Crippen LogP contribution in [0.25, 0.3) is 0 Å². The molecule has 1 aliphatic carbocycles. The largest absolute Gasteiger partial charge is 0.391 e. The van der Waals surface area contributed by atoms with Crippen LogP contribution >= 0.6 is 0 Å². The van der Waals surface area contributed by atoms with Crippen molar-refractivity contribution >= 4 is 17.8 Å². The van der Waals surface area contributed by atoms with Crippen molar-refractivity contribution in [3.8, 4) is 0 Å². The minimum atomic E-state index is -0.338. The standard InChI is InChI=1S/C13H23N7O/c14-19-12-16-11(15-8-10(21)9-4-5-9)17-13(18-12)20-6-2-1-3-7-20/h9-10,21H,1-8,14H2,(H2,15,16,17,18,19). The molecular formula is C13H23N7O. The predicted octanol–water partition coefficient (Wildman–Crippen LogP) is 0.330. The van der Waals surface area contributed by atoms with E-state index in [2.05, 4.69) is 30.6 Å². The number of hydrogen-bond acceptors (Lipinski definition) is 8. The molecule has 1 unspecified atom stereocenters. The summed E-state index contributed by atoms with van der Waals surface area (Å²) in [4.78, 5) is 15.1. The van der Waals surface area contributed by atoms with Crippen LogP contribution < -0.4 is 21.5 Å². The summed E-state index contributed by atoms with van der Waals surface area (Å²) in [6.07, 6.45) is 5.43. The van der Waals surface area contributed by atoms with E-state index in [4.69, 9.17) is 5.84 Å². The molecule has 0 spiro atoms. The van der Waals surface area contributed by atoms with Gasteiger partial charge in [0.25, 0.3) is 0 Å². The molecule has 1 aromatic heterocycles. The number of nitrogen functional groups attached to an aromatic ring is 1. The van der Waals surface area contributed by atoms with E-state index < -0.39 is 0 Å². The molecule has 0 aromatic carbocycles. The number of nitrogens with one attached hydrogen (secondary N) is 2. The minimum Gasteiger partial charge on any atom is -0.391 e. The minimum absolute atomic E-state index is 0.338. The Morgan fingerprint density at radius 3 is 2.52 bits per heavy atom. The molecule has 1 aliphatic heterocycles. The van der Waals surface area contributed by atoms with Gasteiger partial charge in [-0.05, 0) is 38.0 Å². The van der Waals surface area contributed by atoms with Crippen LogP contribution in [0.2, 0.25) is 0 Å². The topological polar surface area (TPSA) is 112 Å². The van der Waals surface area contributed by atoms with Gasteiger partial charge in [0.15, 0.2) is 0 Å². The molecule has 1 aromatic rings. The molecular weight excluding hydrogens is 270 g/mol. The first-order chi connectivity index (χ1) is 10.3. The zero-order chi connectivity index (χ0) is 14.7. The van der Waals surface area contributed by atoms with Gasteiger partial charge >= 0.3 is 0 Å². The number of hydrogen-bond donors (Lipinski definition) is 4. The molecule has 1 saturated carbocycles. The number of aliphatic hydroxyl groups excluding tert-OH is 1. The fourth-order valence-corrected chi connectivity index (χ4v) is 2.59. The summed E-state index contributed by atoms with van der Waals surface area (Å²) in [6.45, 7) is 2.37. The van der Waals surface area contributed by atoms with Crippen molar-refractivity contribution in [2.24, 2.45) is 11.8 Å². The lowest BCUT2D eigenvalue weighted by molar-refractivity contribution is 0.164.